The lowest BCUT2D eigenvalue weighted by Gasteiger charge is -1.99. The van der Waals surface area contributed by atoms with Gasteiger partial charge in [-0.05, 0) is 59.3 Å². The van der Waals surface area contributed by atoms with E-state index in [0.29, 0.717) is 0 Å². The number of phenols is 1. The Labute approximate surface area is 127 Å². The summed E-state index contributed by atoms with van der Waals surface area (Å²) in [4.78, 5) is 10.8. The molecule has 2 N–H and O–H groups in total. The smallest absolute Gasteiger partial charge is 0.335 e. The number of carbonyl (C=O) groups is 1. The highest BCUT2D eigenvalue weighted by molar-refractivity contribution is 5.87. The SMILES string of the molecule is O=C(O)c1ccc(C#Cc2ccc3cc(O)ccc3c2)cc1. The van der Waals surface area contributed by atoms with Crippen LogP contribution in [-0.2, 0) is 0 Å². The number of fused-ring (bicyclic) bond motifs is 1. The molecule has 0 aromatic heterocycles. The lowest BCUT2D eigenvalue weighted by molar-refractivity contribution is 0.0697. The van der Waals surface area contributed by atoms with Gasteiger partial charge in [-0.25, -0.2) is 4.79 Å². The number of rotatable bonds is 1. The van der Waals surface area contributed by atoms with Crippen molar-refractivity contribution >= 4 is 16.7 Å². The van der Waals surface area contributed by atoms with Gasteiger partial charge in [-0.1, -0.05) is 24.0 Å². The number of carboxylic acid groups (broad SMARTS) is 1. The van der Waals surface area contributed by atoms with Crippen molar-refractivity contribution in [2.75, 3.05) is 0 Å². The van der Waals surface area contributed by atoms with Crippen LogP contribution in [0.15, 0.2) is 60.7 Å². The highest BCUT2D eigenvalue weighted by atomic mass is 16.4. The summed E-state index contributed by atoms with van der Waals surface area (Å²) in [7, 11) is 0. The lowest BCUT2D eigenvalue weighted by atomic mass is 10.1. The minimum absolute atomic E-state index is 0.241. The summed E-state index contributed by atoms with van der Waals surface area (Å²) in [6.45, 7) is 0. The van der Waals surface area contributed by atoms with Gasteiger partial charge in [-0.2, -0.15) is 0 Å². The van der Waals surface area contributed by atoms with Crippen LogP contribution in [0.3, 0.4) is 0 Å². The molecule has 3 heteroatoms. The lowest BCUT2D eigenvalue weighted by Crippen LogP contribution is -1.94. The molecule has 0 spiro atoms. The average Bonchev–Trinajstić information content (AvgIpc) is 2.53. The predicted octanol–water partition coefficient (Wildman–Crippen LogP) is 3.64. The Morgan fingerprint density at radius 1 is 0.773 bits per heavy atom. The molecule has 0 saturated heterocycles. The molecular formula is C19H12O3. The minimum atomic E-state index is -0.947. The van der Waals surface area contributed by atoms with E-state index in [1.165, 1.54) is 12.1 Å². The van der Waals surface area contributed by atoms with Crippen LogP contribution in [0.5, 0.6) is 5.75 Å². The first-order valence-electron chi connectivity index (χ1n) is 6.70. The van der Waals surface area contributed by atoms with E-state index in [1.807, 2.05) is 24.3 Å². The van der Waals surface area contributed by atoms with Crippen LogP contribution in [0.25, 0.3) is 10.8 Å². The molecule has 0 aliphatic carbocycles. The fraction of sp³-hybridized carbons (Fsp3) is 0. The van der Waals surface area contributed by atoms with E-state index in [0.717, 1.165) is 21.9 Å². The zero-order chi connectivity index (χ0) is 15.5. The molecule has 0 bridgehead atoms. The maximum Gasteiger partial charge on any atom is 0.335 e. The van der Waals surface area contributed by atoms with Crippen molar-refractivity contribution in [3.8, 4) is 17.6 Å². The molecule has 106 valence electrons. The van der Waals surface area contributed by atoms with Gasteiger partial charge in [0.2, 0.25) is 0 Å². The van der Waals surface area contributed by atoms with Gasteiger partial charge in [0.15, 0.2) is 0 Å². The third-order valence-corrected chi connectivity index (χ3v) is 3.31. The van der Waals surface area contributed by atoms with Crippen LogP contribution in [0.1, 0.15) is 21.5 Å². The van der Waals surface area contributed by atoms with Crippen molar-refractivity contribution in [3.05, 3.63) is 77.4 Å². The maximum atomic E-state index is 10.8. The fourth-order valence-corrected chi connectivity index (χ4v) is 2.15. The second-order valence-corrected chi connectivity index (χ2v) is 4.88. The Bertz CT molecular complexity index is 913. The summed E-state index contributed by atoms with van der Waals surface area (Å²) in [5.41, 5.74) is 1.87. The van der Waals surface area contributed by atoms with Gasteiger partial charge >= 0.3 is 5.97 Å². The van der Waals surface area contributed by atoms with Crippen LogP contribution in [-0.4, -0.2) is 16.2 Å². The molecule has 0 radical (unpaired) electrons. The molecule has 0 saturated carbocycles. The number of aromatic carboxylic acids is 1. The van der Waals surface area contributed by atoms with Crippen LogP contribution in [0.2, 0.25) is 0 Å². The van der Waals surface area contributed by atoms with Crippen LogP contribution in [0, 0.1) is 11.8 Å². The third kappa shape index (κ3) is 2.92. The Morgan fingerprint density at radius 2 is 1.36 bits per heavy atom. The van der Waals surface area contributed by atoms with E-state index < -0.39 is 5.97 Å². The molecule has 3 rings (SSSR count). The quantitative estimate of drug-likeness (QED) is 0.672. The summed E-state index contributed by atoms with van der Waals surface area (Å²) >= 11 is 0. The molecule has 22 heavy (non-hydrogen) atoms. The number of hydrogen-bond donors (Lipinski definition) is 2. The molecule has 3 nitrogen and oxygen atoms in total. The molecule has 3 aromatic carbocycles. The largest absolute Gasteiger partial charge is 0.508 e. The van der Waals surface area contributed by atoms with Gasteiger partial charge in [-0.3, -0.25) is 0 Å². The topological polar surface area (TPSA) is 57.5 Å². The normalized spacial score (nSPS) is 10.0. The van der Waals surface area contributed by atoms with E-state index in [9.17, 15) is 9.90 Å². The van der Waals surface area contributed by atoms with E-state index >= 15 is 0 Å². The zero-order valence-electron chi connectivity index (χ0n) is 11.6. The Balaban J connectivity index is 1.90. The summed E-state index contributed by atoms with van der Waals surface area (Å²) in [6.07, 6.45) is 0. The van der Waals surface area contributed by atoms with Gasteiger partial charge in [0, 0.05) is 11.1 Å². The second-order valence-electron chi connectivity index (χ2n) is 4.88. The van der Waals surface area contributed by atoms with Crippen molar-refractivity contribution < 1.29 is 15.0 Å². The highest BCUT2D eigenvalue weighted by Crippen LogP contribution is 2.20. The molecule has 0 unspecified atom stereocenters. The van der Waals surface area contributed by atoms with Crippen LogP contribution in [0.4, 0.5) is 0 Å². The minimum Gasteiger partial charge on any atom is -0.508 e. The van der Waals surface area contributed by atoms with Crippen LogP contribution < -0.4 is 0 Å². The summed E-state index contributed by atoms with van der Waals surface area (Å²) < 4.78 is 0. The molecule has 0 aliphatic heterocycles. The first-order valence-corrected chi connectivity index (χ1v) is 6.70. The van der Waals surface area contributed by atoms with E-state index in [2.05, 4.69) is 11.8 Å². The van der Waals surface area contributed by atoms with E-state index in [-0.39, 0.29) is 11.3 Å². The molecule has 0 aliphatic rings. The molecular weight excluding hydrogens is 276 g/mol. The Kier molecular flexibility index (Phi) is 3.51. The van der Waals surface area contributed by atoms with E-state index in [1.54, 1.807) is 24.3 Å². The van der Waals surface area contributed by atoms with Gasteiger partial charge in [0.05, 0.1) is 5.56 Å². The number of hydrogen-bond acceptors (Lipinski definition) is 2. The average molecular weight is 288 g/mol. The number of aromatic hydroxyl groups is 1. The van der Waals surface area contributed by atoms with Gasteiger partial charge in [-0.15, -0.1) is 0 Å². The summed E-state index contributed by atoms with van der Waals surface area (Å²) in [5.74, 6) is 5.36. The van der Waals surface area contributed by atoms with Crippen molar-refractivity contribution in [2.45, 2.75) is 0 Å². The first-order chi connectivity index (χ1) is 10.6. The second kappa shape index (κ2) is 5.63. The maximum absolute atomic E-state index is 10.8. The van der Waals surface area contributed by atoms with Gasteiger partial charge in [0.1, 0.15) is 5.75 Å². The Morgan fingerprint density at radius 3 is 2.09 bits per heavy atom. The van der Waals surface area contributed by atoms with Crippen LogP contribution >= 0.6 is 0 Å². The van der Waals surface area contributed by atoms with Gasteiger partial charge < -0.3 is 10.2 Å². The molecule has 0 heterocycles. The zero-order valence-corrected chi connectivity index (χ0v) is 11.6. The van der Waals surface area contributed by atoms with Crippen molar-refractivity contribution in [1.29, 1.82) is 0 Å². The number of phenolic OH excluding ortho intramolecular Hbond substituents is 1. The molecule has 3 aromatic rings. The monoisotopic (exact) mass is 288 g/mol. The summed E-state index contributed by atoms with van der Waals surface area (Å²) in [6, 6.07) is 17.4. The van der Waals surface area contributed by atoms with Crippen molar-refractivity contribution in [2.24, 2.45) is 0 Å². The van der Waals surface area contributed by atoms with Crippen molar-refractivity contribution in [1.82, 2.24) is 0 Å². The number of benzene rings is 3. The summed E-state index contributed by atoms with van der Waals surface area (Å²) in [5, 5.41) is 20.3. The number of carboxylic acids is 1. The fourth-order valence-electron chi connectivity index (χ4n) is 2.15. The first kappa shape index (κ1) is 13.7. The molecule has 0 amide bonds. The molecule has 0 fully saturated rings. The van der Waals surface area contributed by atoms with E-state index in [4.69, 9.17) is 5.11 Å². The molecule has 0 atom stereocenters. The third-order valence-electron chi connectivity index (χ3n) is 3.31. The predicted molar refractivity (Wildman–Crippen MR) is 85.0 cm³/mol. The highest BCUT2D eigenvalue weighted by Gasteiger charge is 2.00. The Hall–Kier alpha value is -3.25. The standard InChI is InChI=1S/C19H12O3/c20-18-10-9-16-11-14(5-8-17(16)12-18)2-1-13-3-6-15(7-4-13)19(21)22/h3-12,20H,(H,21,22). The van der Waals surface area contributed by atoms with Crippen molar-refractivity contribution in [3.63, 3.8) is 0 Å². The van der Waals surface area contributed by atoms with Gasteiger partial charge in [0.25, 0.3) is 0 Å².